The summed E-state index contributed by atoms with van der Waals surface area (Å²) in [6.07, 6.45) is 5.29. The van der Waals surface area contributed by atoms with Gasteiger partial charge < -0.3 is 9.64 Å². The standard InChI is InChI=1S/C20H18N2O2/c1-22(2)17-11-8-16(9-12-17)14-18-20(23)24-19(21-18)13-10-15-6-4-3-5-7-15/h3-14H,1-2H3/b13-10+,18-14-. The Morgan fingerprint density at radius 2 is 1.62 bits per heavy atom. The molecule has 0 aromatic heterocycles. The third kappa shape index (κ3) is 3.79. The van der Waals surface area contributed by atoms with E-state index in [9.17, 15) is 4.79 Å². The van der Waals surface area contributed by atoms with Gasteiger partial charge in [-0.3, -0.25) is 0 Å². The van der Waals surface area contributed by atoms with Gasteiger partial charge in [-0.1, -0.05) is 42.5 Å². The Bertz CT molecular complexity index is 816. The quantitative estimate of drug-likeness (QED) is 0.637. The average Bonchev–Trinajstić information content (AvgIpc) is 2.94. The zero-order chi connectivity index (χ0) is 16.9. The van der Waals surface area contributed by atoms with Gasteiger partial charge in [0.15, 0.2) is 5.70 Å². The van der Waals surface area contributed by atoms with Crippen molar-refractivity contribution in [3.05, 3.63) is 77.5 Å². The molecule has 1 aliphatic rings. The Labute approximate surface area is 141 Å². The lowest BCUT2D eigenvalue weighted by atomic mass is 10.1. The minimum atomic E-state index is -0.431. The van der Waals surface area contributed by atoms with Crippen LogP contribution in [0.4, 0.5) is 5.69 Å². The van der Waals surface area contributed by atoms with Gasteiger partial charge in [0.1, 0.15) is 0 Å². The second kappa shape index (κ2) is 6.96. The largest absolute Gasteiger partial charge is 0.403 e. The van der Waals surface area contributed by atoms with Gasteiger partial charge in [0, 0.05) is 25.9 Å². The van der Waals surface area contributed by atoms with Crippen LogP contribution in [0, 0.1) is 0 Å². The molecule has 0 N–H and O–H groups in total. The van der Waals surface area contributed by atoms with Gasteiger partial charge >= 0.3 is 5.97 Å². The highest BCUT2D eigenvalue weighted by Crippen LogP contribution is 2.19. The smallest absolute Gasteiger partial charge is 0.363 e. The van der Waals surface area contributed by atoms with E-state index in [2.05, 4.69) is 4.99 Å². The van der Waals surface area contributed by atoms with Crippen molar-refractivity contribution < 1.29 is 9.53 Å². The Kier molecular flexibility index (Phi) is 4.57. The molecule has 4 heteroatoms. The molecule has 4 nitrogen and oxygen atoms in total. The summed E-state index contributed by atoms with van der Waals surface area (Å²) in [6, 6.07) is 17.7. The molecule has 0 unspecified atom stereocenters. The summed E-state index contributed by atoms with van der Waals surface area (Å²) in [4.78, 5) is 18.2. The number of benzene rings is 2. The van der Waals surface area contributed by atoms with E-state index in [1.54, 1.807) is 12.2 Å². The van der Waals surface area contributed by atoms with E-state index in [1.807, 2.05) is 79.7 Å². The summed E-state index contributed by atoms with van der Waals surface area (Å²) in [5.74, 6) is -0.126. The summed E-state index contributed by atoms with van der Waals surface area (Å²) >= 11 is 0. The SMILES string of the molecule is CN(C)c1ccc(/C=C2N=C(/C=C/c3ccccc3)OC\2=O)cc1. The van der Waals surface area contributed by atoms with Crippen LogP contribution in [0.1, 0.15) is 11.1 Å². The minimum Gasteiger partial charge on any atom is -0.403 e. The lowest BCUT2D eigenvalue weighted by molar-refractivity contribution is -0.129. The van der Waals surface area contributed by atoms with Gasteiger partial charge in [-0.25, -0.2) is 9.79 Å². The second-order valence-electron chi connectivity index (χ2n) is 5.60. The number of rotatable bonds is 4. The number of nitrogens with zero attached hydrogens (tertiary/aromatic N) is 2. The number of anilines is 1. The summed E-state index contributed by atoms with van der Waals surface area (Å²) in [5, 5.41) is 0. The zero-order valence-corrected chi connectivity index (χ0v) is 13.6. The first-order chi connectivity index (χ1) is 11.6. The van der Waals surface area contributed by atoms with Gasteiger partial charge in [-0.15, -0.1) is 0 Å². The maximum atomic E-state index is 11.9. The number of hydrogen-bond acceptors (Lipinski definition) is 4. The maximum absolute atomic E-state index is 11.9. The average molecular weight is 318 g/mol. The van der Waals surface area contributed by atoms with E-state index in [1.165, 1.54) is 0 Å². The first kappa shape index (κ1) is 15.7. The van der Waals surface area contributed by atoms with Crippen LogP contribution in [-0.2, 0) is 9.53 Å². The number of ether oxygens (including phenoxy) is 1. The van der Waals surface area contributed by atoms with Gasteiger partial charge in [0.05, 0.1) is 0 Å². The molecule has 24 heavy (non-hydrogen) atoms. The van der Waals surface area contributed by atoms with E-state index in [0.29, 0.717) is 11.6 Å². The fourth-order valence-electron chi connectivity index (χ4n) is 2.26. The number of esters is 1. The first-order valence-electron chi connectivity index (χ1n) is 7.65. The van der Waals surface area contributed by atoms with Gasteiger partial charge in [0.2, 0.25) is 5.90 Å². The molecular formula is C20H18N2O2. The number of carbonyl (C=O) groups is 1. The van der Waals surface area contributed by atoms with E-state index in [4.69, 9.17) is 4.74 Å². The molecule has 0 amide bonds. The Morgan fingerprint density at radius 3 is 2.29 bits per heavy atom. The van der Waals surface area contributed by atoms with Crippen LogP contribution >= 0.6 is 0 Å². The van der Waals surface area contributed by atoms with Gasteiger partial charge in [-0.05, 0) is 35.4 Å². The van der Waals surface area contributed by atoms with Crippen LogP contribution in [0.2, 0.25) is 0 Å². The zero-order valence-electron chi connectivity index (χ0n) is 13.6. The molecule has 0 radical (unpaired) electrons. The van der Waals surface area contributed by atoms with Crippen LogP contribution in [0.15, 0.2) is 71.4 Å². The Balaban J connectivity index is 1.77. The third-order valence-electron chi connectivity index (χ3n) is 3.57. The maximum Gasteiger partial charge on any atom is 0.363 e. The molecule has 2 aromatic carbocycles. The topological polar surface area (TPSA) is 41.9 Å². The third-order valence-corrected chi connectivity index (χ3v) is 3.57. The molecule has 1 aliphatic heterocycles. The molecule has 2 aromatic rings. The fourth-order valence-corrected chi connectivity index (χ4v) is 2.26. The number of carbonyl (C=O) groups excluding carboxylic acids is 1. The second-order valence-corrected chi connectivity index (χ2v) is 5.60. The predicted molar refractivity (Wildman–Crippen MR) is 97.7 cm³/mol. The molecule has 3 rings (SSSR count). The van der Waals surface area contributed by atoms with Crippen molar-refractivity contribution in [1.29, 1.82) is 0 Å². The van der Waals surface area contributed by atoms with E-state index in [-0.39, 0.29) is 0 Å². The van der Waals surface area contributed by atoms with E-state index in [0.717, 1.165) is 16.8 Å². The molecule has 0 atom stereocenters. The molecule has 120 valence electrons. The highest BCUT2D eigenvalue weighted by atomic mass is 16.6. The van der Waals surface area contributed by atoms with Crippen molar-refractivity contribution in [3.8, 4) is 0 Å². The fraction of sp³-hybridized carbons (Fsp3) is 0.100. The van der Waals surface area contributed by atoms with Crippen molar-refractivity contribution in [3.63, 3.8) is 0 Å². The van der Waals surface area contributed by atoms with Crippen molar-refractivity contribution in [1.82, 2.24) is 0 Å². The summed E-state index contributed by atoms with van der Waals surface area (Å²) < 4.78 is 5.18. The monoisotopic (exact) mass is 318 g/mol. The molecule has 0 aliphatic carbocycles. The molecule has 0 saturated heterocycles. The van der Waals surface area contributed by atoms with E-state index >= 15 is 0 Å². The molecule has 1 heterocycles. The highest BCUT2D eigenvalue weighted by Gasteiger charge is 2.20. The molecular weight excluding hydrogens is 300 g/mol. The Morgan fingerprint density at radius 1 is 0.917 bits per heavy atom. The molecule has 0 spiro atoms. The number of aliphatic imine (C=N–C) groups is 1. The highest BCUT2D eigenvalue weighted by molar-refractivity contribution is 6.11. The molecule has 0 saturated carbocycles. The molecule has 0 fully saturated rings. The first-order valence-corrected chi connectivity index (χ1v) is 7.65. The van der Waals surface area contributed by atoms with E-state index < -0.39 is 5.97 Å². The van der Waals surface area contributed by atoms with Crippen molar-refractivity contribution in [2.24, 2.45) is 4.99 Å². The lowest BCUT2D eigenvalue weighted by Gasteiger charge is -2.11. The van der Waals surface area contributed by atoms with Crippen molar-refractivity contribution in [2.75, 3.05) is 19.0 Å². The minimum absolute atomic E-state index is 0.306. The van der Waals surface area contributed by atoms with Gasteiger partial charge in [-0.2, -0.15) is 0 Å². The van der Waals surface area contributed by atoms with Crippen LogP contribution in [0.5, 0.6) is 0 Å². The van der Waals surface area contributed by atoms with Crippen molar-refractivity contribution >= 4 is 29.7 Å². The summed E-state index contributed by atoms with van der Waals surface area (Å²) in [6.45, 7) is 0. The van der Waals surface area contributed by atoms with Crippen LogP contribution < -0.4 is 4.90 Å². The van der Waals surface area contributed by atoms with Crippen molar-refractivity contribution in [2.45, 2.75) is 0 Å². The molecule has 0 bridgehead atoms. The number of cyclic esters (lactones) is 1. The predicted octanol–water partition coefficient (Wildman–Crippen LogP) is 3.76. The summed E-state index contributed by atoms with van der Waals surface area (Å²) in [7, 11) is 3.97. The normalized spacial score (nSPS) is 15.7. The van der Waals surface area contributed by atoms with Crippen LogP contribution in [0.25, 0.3) is 12.2 Å². The van der Waals surface area contributed by atoms with Gasteiger partial charge in [0.25, 0.3) is 0 Å². The Hall–Kier alpha value is -3.14. The number of hydrogen-bond donors (Lipinski definition) is 0. The van der Waals surface area contributed by atoms with Crippen LogP contribution in [-0.4, -0.2) is 26.0 Å². The van der Waals surface area contributed by atoms with Crippen LogP contribution in [0.3, 0.4) is 0 Å². The lowest BCUT2D eigenvalue weighted by Crippen LogP contribution is -2.07. The summed E-state index contributed by atoms with van der Waals surface area (Å²) in [5.41, 5.74) is 3.33.